The maximum Gasteiger partial charge on any atom is 0.0698 e. The summed E-state index contributed by atoms with van der Waals surface area (Å²) < 4.78 is 5.32. The smallest absolute Gasteiger partial charge is 0.0698 e. The highest BCUT2D eigenvalue weighted by Crippen LogP contribution is 2.28. The van der Waals surface area contributed by atoms with Crippen molar-refractivity contribution in [1.29, 1.82) is 0 Å². The van der Waals surface area contributed by atoms with Crippen molar-refractivity contribution in [2.24, 2.45) is 0 Å². The van der Waals surface area contributed by atoms with Crippen molar-refractivity contribution in [3.05, 3.63) is 22.4 Å². The Labute approximate surface area is 101 Å². The van der Waals surface area contributed by atoms with Gasteiger partial charge in [0.05, 0.1) is 19.8 Å². The van der Waals surface area contributed by atoms with Crippen LogP contribution in [-0.4, -0.2) is 42.4 Å². The SMILES string of the molecule is OCCOCCN(Cc1ccsc1)C1CC1. The first kappa shape index (κ1) is 12.0. The van der Waals surface area contributed by atoms with Gasteiger partial charge in [-0.2, -0.15) is 11.3 Å². The Hall–Kier alpha value is -0.420. The third kappa shape index (κ3) is 3.87. The molecule has 1 aromatic heterocycles. The van der Waals surface area contributed by atoms with Gasteiger partial charge in [-0.1, -0.05) is 0 Å². The summed E-state index contributed by atoms with van der Waals surface area (Å²) >= 11 is 1.75. The van der Waals surface area contributed by atoms with Crippen LogP contribution in [0.25, 0.3) is 0 Å². The van der Waals surface area contributed by atoms with Gasteiger partial charge in [-0.15, -0.1) is 0 Å². The Morgan fingerprint density at radius 2 is 2.31 bits per heavy atom. The number of ether oxygens (including phenoxy) is 1. The molecular weight excluding hydrogens is 222 g/mol. The highest BCUT2D eigenvalue weighted by molar-refractivity contribution is 7.07. The maximum absolute atomic E-state index is 8.62. The number of nitrogens with zero attached hydrogens (tertiary/aromatic N) is 1. The van der Waals surface area contributed by atoms with E-state index in [4.69, 9.17) is 9.84 Å². The predicted molar refractivity (Wildman–Crippen MR) is 65.7 cm³/mol. The minimum absolute atomic E-state index is 0.119. The van der Waals surface area contributed by atoms with Crippen LogP contribution in [0.2, 0.25) is 0 Å². The van der Waals surface area contributed by atoms with Crippen molar-refractivity contribution in [1.82, 2.24) is 4.90 Å². The van der Waals surface area contributed by atoms with E-state index in [-0.39, 0.29) is 6.61 Å². The first-order valence-electron chi connectivity index (χ1n) is 5.84. The lowest BCUT2D eigenvalue weighted by Crippen LogP contribution is -2.29. The predicted octanol–water partition coefficient (Wildman–Crippen LogP) is 1.72. The Balaban J connectivity index is 1.72. The first-order valence-corrected chi connectivity index (χ1v) is 6.78. The van der Waals surface area contributed by atoms with Gasteiger partial charge in [0.25, 0.3) is 0 Å². The van der Waals surface area contributed by atoms with Crippen LogP contribution in [0.1, 0.15) is 18.4 Å². The fraction of sp³-hybridized carbons (Fsp3) is 0.667. The average Bonchev–Trinajstić information content (AvgIpc) is 3.02. The van der Waals surface area contributed by atoms with Gasteiger partial charge in [-0.25, -0.2) is 0 Å². The van der Waals surface area contributed by atoms with E-state index in [0.717, 1.165) is 25.7 Å². The summed E-state index contributed by atoms with van der Waals surface area (Å²) in [5, 5.41) is 13.0. The fourth-order valence-electron chi connectivity index (χ4n) is 1.80. The van der Waals surface area contributed by atoms with Gasteiger partial charge < -0.3 is 9.84 Å². The second-order valence-corrected chi connectivity index (χ2v) is 4.95. The molecule has 0 aromatic carbocycles. The van der Waals surface area contributed by atoms with E-state index < -0.39 is 0 Å². The molecule has 1 saturated carbocycles. The van der Waals surface area contributed by atoms with Crippen LogP contribution in [0.4, 0.5) is 0 Å². The summed E-state index contributed by atoms with van der Waals surface area (Å²) in [6.07, 6.45) is 2.65. The fourth-order valence-corrected chi connectivity index (χ4v) is 2.46. The van der Waals surface area contributed by atoms with Crippen molar-refractivity contribution in [3.8, 4) is 0 Å². The molecule has 1 aromatic rings. The van der Waals surface area contributed by atoms with E-state index in [1.807, 2.05) is 0 Å². The molecule has 0 saturated heterocycles. The number of hydrogen-bond acceptors (Lipinski definition) is 4. The number of aliphatic hydroxyl groups excluding tert-OH is 1. The van der Waals surface area contributed by atoms with Gasteiger partial charge in [0.2, 0.25) is 0 Å². The van der Waals surface area contributed by atoms with Gasteiger partial charge in [0.15, 0.2) is 0 Å². The molecule has 0 atom stereocenters. The van der Waals surface area contributed by atoms with Crippen LogP contribution < -0.4 is 0 Å². The number of hydrogen-bond donors (Lipinski definition) is 1. The summed E-state index contributed by atoms with van der Waals surface area (Å²) in [7, 11) is 0. The van der Waals surface area contributed by atoms with Crippen LogP contribution in [0.15, 0.2) is 16.8 Å². The van der Waals surface area contributed by atoms with Crippen LogP contribution in [0, 0.1) is 0 Å². The third-order valence-corrected chi connectivity index (χ3v) is 3.52. The summed E-state index contributed by atoms with van der Waals surface area (Å²) in [5.74, 6) is 0. The largest absolute Gasteiger partial charge is 0.394 e. The molecule has 0 bridgehead atoms. The Bertz CT molecular complexity index is 285. The molecule has 1 fully saturated rings. The van der Waals surface area contributed by atoms with E-state index in [2.05, 4.69) is 21.7 Å². The van der Waals surface area contributed by atoms with Crippen molar-refractivity contribution in [2.45, 2.75) is 25.4 Å². The molecule has 0 unspecified atom stereocenters. The zero-order valence-corrected chi connectivity index (χ0v) is 10.3. The molecule has 1 N–H and O–H groups in total. The van der Waals surface area contributed by atoms with Gasteiger partial charge in [-0.05, 0) is 35.2 Å². The van der Waals surface area contributed by atoms with E-state index in [9.17, 15) is 0 Å². The topological polar surface area (TPSA) is 32.7 Å². The van der Waals surface area contributed by atoms with E-state index in [1.54, 1.807) is 11.3 Å². The zero-order valence-electron chi connectivity index (χ0n) is 9.47. The normalized spacial score (nSPS) is 15.9. The van der Waals surface area contributed by atoms with Gasteiger partial charge in [0, 0.05) is 19.1 Å². The molecule has 4 heteroatoms. The van der Waals surface area contributed by atoms with Crippen molar-refractivity contribution in [3.63, 3.8) is 0 Å². The van der Waals surface area contributed by atoms with E-state index >= 15 is 0 Å². The lowest BCUT2D eigenvalue weighted by molar-refractivity contribution is 0.0702. The third-order valence-electron chi connectivity index (χ3n) is 2.79. The lowest BCUT2D eigenvalue weighted by atomic mass is 10.3. The van der Waals surface area contributed by atoms with Crippen molar-refractivity contribution >= 4 is 11.3 Å². The molecule has 1 aliphatic carbocycles. The number of thiophene rings is 1. The summed E-state index contributed by atoms with van der Waals surface area (Å²) in [5.41, 5.74) is 1.40. The molecule has 0 aliphatic heterocycles. The molecule has 3 nitrogen and oxygen atoms in total. The van der Waals surface area contributed by atoms with Crippen LogP contribution in [0.5, 0.6) is 0 Å². The summed E-state index contributed by atoms with van der Waals surface area (Å²) in [6, 6.07) is 2.95. The number of rotatable bonds is 8. The second kappa shape index (κ2) is 6.35. The minimum atomic E-state index is 0.119. The second-order valence-electron chi connectivity index (χ2n) is 4.17. The van der Waals surface area contributed by atoms with Crippen LogP contribution >= 0.6 is 11.3 Å². The maximum atomic E-state index is 8.62. The summed E-state index contributed by atoms with van der Waals surface area (Å²) in [6.45, 7) is 3.31. The molecule has 2 rings (SSSR count). The molecule has 0 radical (unpaired) electrons. The molecule has 16 heavy (non-hydrogen) atoms. The molecule has 0 amide bonds. The van der Waals surface area contributed by atoms with E-state index in [1.165, 1.54) is 18.4 Å². The molecular formula is C12H19NO2S. The minimum Gasteiger partial charge on any atom is -0.394 e. The lowest BCUT2D eigenvalue weighted by Gasteiger charge is -2.21. The average molecular weight is 241 g/mol. The Kier molecular flexibility index (Phi) is 4.78. The molecule has 90 valence electrons. The Morgan fingerprint density at radius 1 is 1.44 bits per heavy atom. The quantitative estimate of drug-likeness (QED) is 0.703. The first-order chi connectivity index (χ1) is 7.90. The highest BCUT2D eigenvalue weighted by Gasteiger charge is 2.28. The van der Waals surface area contributed by atoms with Crippen LogP contribution in [0.3, 0.4) is 0 Å². The molecule has 0 spiro atoms. The monoisotopic (exact) mass is 241 g/mol. The highest BCUT2D eigenvalue weighted by atomic mass is 32.1. The summed E-state index contributed by atoms with van der Waals surface area (Å²) in [4.78, 5) is 2.49. The number of aliphatic hydroxyl groups is 1. The molecule has 1 aliphatic rings. The van der Waals surface area contributed by atoms with Crippen molar-refractivity contribution < 1.29 is 9.84 Å². The van der Waals surface area contributed by atoms with Gasteiger partial charge >= 0.3 is 0 Å². The van der Waals surface area contributed by atoms with E-state index in [0.29, 0.717) is 6.61 Å². The standard InChI is InChI=1S/C12H19NO2S/c14-5-7-15-6-4-13(12-1-2-12)9-11-3-8-16-10-11/h3,8,10,12,14H,1-2,4-7,9H2. The van der Waals surface area contributed by atoms with Gasteiger partial charge in [0.1, 0.15) is 0 Å². The van der Waals surface area contributed by atoms with Crippen LogP contribution in [-0.2, 0) is 11.3 Å². The zero-order chi connectivity index (χ0) is 11.2. The molecule has 1 heterocycles. The van der Waals surface area contributed by atoms with Gasteiger partial charge in [-0.3, -0.25) is 4.90 Å². The Morgan fingerprint density at radius 3 is 2.94 bits per heavy atom. The van der Waals surface area contributed by atoms with Crippen molar-refractivity contribution in [2.75, 3.05) is 26.4 Å².